The molecule has 4 atom stereocenters. The quantitative estimate of drug-likeness (QED) is 0.426. The van der Waals surface area contributed by atoms with E-state index in [2.05, 4.69) is 0 Å². The number of hydrogen-bond donors (Lipinski definition) is 4. The summed E-state index contributed by atoms with van der Waals surface area (Å²) >= 11 is 0. The number of rotatable bonds is 5. The fourth-order valence-corrected chi connectivity index (χ4v) is 3.66. The molecule has 0 radical (unpaired) electrons. The lowest BCUT2D eigenvalue weighted by atomic mass is 9.93. The molecule has 1 spiro atoms. The van der Waals surface area contributed by atoms with Gasteiger partial charge in [-0.05, 0) is 26.2 Å². The topological polar surface area (TPSA) is 150 Å². The minimum Gasteiger partial charge on any atom is -0.394 e. The largest absolute Gasteiger partial charge is 0.394 e. The Labute approximate surface area is 134 Å². The highest BCUT2D eigenvalue weighted by molar-refractivity contribution is 5.97. The summed E-state index contributed by atoms with van der Waals surface area (Å²) in [5.41, 5.74) is 9.86. The Balaban J connectivity index is 2.28. The molecule has 0 aromatic heterocycles. The van der Waals surface area contributed by atoms with Crippen LogP contribution in [0.1, 0.15) is 26.2 Å². The van der Waals surface area contributed by atoms with Crippen molar-refractivity contribution in [2.75, 3.05) is 19.7 Å². The fraction of sp³-hybridized carbons (Fsp3) is 0.786. The number of primary amides is 1. The molecule has 0 saturated carbocycles. The summed E-state index contributed by atoms with van der Waals surface area (Å²) in [4.78, 5) is 39.5. The number of likely N-dealkylation sites (tertiary alicyclic amines) is 2. The highest BCUT2D eigenvalue weighted by Gasteiger charge is 2.57. The Kier molecular flexibility index (Phi) is 4.92. The first-order valence-corrected chi connectivity index (χ1v) is 7.72. The summed E-state index contributed by atoms with van der Waals surface area (Å²) in [6.07, 6.45) is 0.361. The van der Waals surface area contributed by atoms with Gasteiger partial charge in [-0.25, -0.2) is 0 Å². The van der Waals surface area contributed by atoms with E-state index >= 15 is 0 Å². The van der Waals surface area contributed by atoms with Crippen molar-refractivity contribution in [3.63, 3.8) is 0 Å². The Morgan fingerprint density at radius 1 is 1.35 bits per heavy atom. The van der Waals surface area contributed by atoms with Crippen molar-refractivity contribution in [1.82, 2.24) is 9.80 Å². The van der Waals surface area contributed by atoms with Crippen LogP contribution in [0.25, 0.3) is 0 Å². The molecule has 0 aromatic rings. The van der Waals surface area contributed by atoms with Crippen LogP contribution in [0.5, 0.6) is 0 Å². The highest BCUT2D eigenvalue weighted by atomic mass is 16.3. The van der Waals surface area contributed by atoms with Crippen LogP contribution in [0.2, 0.25) is 0 Å². The van der Waals surface area contributed by atoms with E-state index < -0.39 is 48.1 Å². The number of amides is 3. The molecule has 23 heavy (non-hydrogen) atoms. The van der Waals surface area contributed by atoms with E-state index in [1.165, 1.54) is 16.7 Å². The molecule has 3 amide bonds. The molecule has 9 nitrogen and oxygen atoms in total. The summed E-state index contributed by atoms with van der Waals surface area (Å²) in [5.74, 6) is -1.65. The van der Waals surface area contributed by atoms with Crippen LogP contribution < -0.4 is 11.5 Å². The average molecular weight is 328 g/mol. The Hall–Kier alpha value is -1.71. The van der Waals surface area contributed by atoms with Gasteiger partial charge in [-0.1, -0.05) is 0 Å². The van der Waals surface area contributed by atoms with Crippen molar-refractivity contribution < 1.29 is 24.6 Å². The van der Waals surface area contributed by atoms with E-state index in [1.807, 2.05) is 0 Å². The number of aliphatic hydroxyl groups is 2. The van der Waals surface area contributed by atoms with Gasteiger partial charge in [-0.2, -0.15) is 0 Å². The van der Waals surface area contributed by atoms with E-state index in [0.29, 0.717) is 25.8 Å². The molecule has 9 heteroatoms. The molecule has 6 N–H and O–H groups in total. The Morgan fingerprint density at radius 3 is 2.52 bits per heavy atom. The molecule has 0 bridgehead atoms. The van der Waals surface area contributed by atoms with Gasteiger partial charge in [-0.15, -0.1) is 0 Å². The molecule has 130 valence electrons. The first kappa shape index (κ1) is 17.6. The van der Waals surface area contributed by atoms with Gasteiger partial charge in [0.25, 0.3) is 0 Å². The van der Waals surface area contributed by atoms with E-state index in [9.17, 15) is 19.5 Å². The number of nitrogens with zero attached hydrogens (tertiary/aromatic N) is 2. The number of carbonyl (C=O) groups is 3. The van der Waals surface area contributed by atoms with Crippen LogP contribution in [-0.2, 0) is 14.4 Å². The third-order valence-electron chi connectivity index (χ3n) is 4.78. The van der Waals surface area contributed by atoms with E-state index in [-0.39, 0.29) is 6.54 Å². The van der Waals surface area contributed by atoms with Crippen LogP contribution in [0, 0.1) is 0 Å². The van der Waals surface area contributed by atoms with E-state index in [0.717, 1.165) is 0 Å². The van der Waals surface area contributed by atoms with Crippen molar-refractivity contribution in [2.45, 2.75) is 49.9 Å². The van der Waals surface area contributed by atoms with Crippen LogP contribution in [0.3, 0.4) is 0 Å². The minimum atomic E-state index is -1.12. The zero-order chi connectivity index (χ0) is 17.4. The first-order chi connectivity index (χ1) is 10.8. The van der Waals surface area contributed by atoms with Gasteiger partial charge in [0.2, 0.25) is 17.7 Å². The van der Waals surface area contributed by atoms with Gasteiger partial charge in [0, 0.05) is 13.1 Å². The SMILES string of the molecule is C[C@@H](O)[C@@H](C(N)=O)N1CCC2(CCCN2C(=O)[C@@H](N)CO)C1=O. The summed E-state index contributed by atoms with van der Waals surface area (Å²) in [6, 6.07) is -2.19. The number of nitrogens with two attached hydrogens (primary N) is 2. The molecule has 2 saturated heterocycles. The Morgan fingerprint density at radius 2 is 2.00 bits per heavy atom. The fourth-order valence-electron chi connectivity index (χ4n) is 3.66. The summed E-state index contributed by atoms with van der Waals surface area (Å²) < 4.78 is 0. The van der Waals surface area contributed by atoms with Gasteiger partial charge in [0.05, 0.1) is 12.7 Å². The maximum absolute atomic E-state index is 12.9. The van der Waals surface area contributed by atoms with Gasteiger partial charge < -0.3 is 31.5 Å². The normalized spacial score (nSPS) is 28.3. The maximum Gasteiger partial charge on any atom is 0.249 e. The van der Waals surface area contributed by atoms with Crippen molar-refractivity contribution >= 4 is 17.7 Å². The lowest BCUT2D eigenvalue weighted by molar-refractivity contribution is -0.151. The number of hydrogen-bond acceptors (Lipinski definition) is 6. The minimum absolute atomic E-state index is 0.232. The summed E-state index contributed by atoms with van der Waals surface area (Å²) in [7, 11) is 0. The second kappa shape index (κ2) is 6.42. The molecular formula is C14H24N4O5. The molecular weight excluding hydrogens is 304 g/mol. The van der Waals surface area contributed by atoms with Crippen molar-refractivity contribution in [3.05, 3.63) is 0 Å². The standard InChI is InChI=1S/C14H24N4O5/c1-8(20)10(11(16)21)17-6-4-14(13(17)23)3-2-5-18(14)12(22)9(15)7-19/h8-10,19-20H,2-7,15H2,1H3,(H2,16,21)/t8-,9+,10+,14?/m1/s1. The smallest absolute Gasteiger partial charge is 0.249 e. The second-order valence-electron chi connectivity index (χ2n) is 6.25. The summed E-state index contributed by atoms with van der Waals surface area (Å²) in [5, 5.41) is 18.9. The van der Waals surface area contributed by atoms with Gasteiger partial charge in [0.1, 0.15) is 17.6 Å². The van der Waals surface area contributed by atoms with Crippen molar-refractivity contribution in [2.24, 2.45) is 11.5 Å². The zero-order valence-corrected chi connectivity index (χ0v) is 13.1. The Bertz CT molecular complexity index is 511. The monoisotopic (exact) mass is 328 g/mol. The van der Waals surface area contributed by atoms with Crippen LogP contribution >= 0.6 is 0 Å². The van der Waals surface area contributed by atoms with Crippen LogP contribution in [0.15, 0.2) is 0 Å². The van der Waals surface area contributed by atoms with Crippen LogP contribution in [0.4, 0.5) is 0 Å². The van der Waals surface area contributed by atoms with Crippen molar-refractivity contribution in [1.29, 1.82) is 0 Å². The van der Waals surface area contributed by atoms with E-state index in [1.54, 1.807) is 0 Å². The molecule has 2 rings (SSSR count). The molecule has 0 aromatic carbocycles. The van der Waals surface area contributed by atoms with Crippen molar-refractivity contribution in [3.8, 4) is 0 Å². The highest BCUT2D eigenvalue weighted by Crippen LogP contribution is 2.40. The molecule has 2 fully saturated rings. The van der Waals surface area contributed by atoms with Gasteiger partial charge >= 0.3 is 0 Å². The second-order valence-corrected chi connectivity index (χ2v) is 6.25. The molecule has 2 heterocycles. The molecule has 1 unspecified atom stereocenters. The maximum atomic E-state index is 12.9. The predicted molar refractivity (Wildman–Crippen MR) is 79.7 cm³/mol. The first-order valence-electron chi connectivity index (χ1n) is 7.72. The lowest BCUT2D eigenvalue weighted by Crippen LogP contribution is -2.60. The molecule has 0 aliphatic carbocycles. The van der Waals surface area contributed by atoms with Gasteiger partial charge in [0.15, 0.2) is 0 Å². The number of aliphatic hydroxyl groups excluding tert-OH is 2. The zero-order valence-electron chi connectivity index (χ0n) is 13.1. The van der Waals surface area contributed by atoms with Crippen LogP contribution in [-0.4, -0.2) is 81.2 Å². The number of carbonyl (C=O) groups excluding carboxylic acids is 3. The lowest BCUT2D eigenvalue weighted by Gasteiger charge is -2.36. The summed E-state index contributed by atoms with van der Waals surface area (Å²) in [6.45, 7) is 1.51. The average Bonchev–Trinajstić information content (AvgIpc) is 3.05. The van der Waals surface area contributed by atoms with Gasteiger partial charge in [-0.3, -0.25) is 14.4 Å². The third kappa shape index (κ3) is 2.79. The molecule has 2 aliphatic heterocycles. The molecule has 2 aliphatic rings. The third-order valence-corrected chi connectivity index (χ3v) is 4.78. The predicted octanol–water partition coefficient (Wildman–Crippen LogP) is -2.87. The van der Waals surface area contributed by atoms with E-state index in [4.69, 9.17) is 16.6 Å².